The fraction of sp³-hybridized carbons (Fsp3) is 0.241. The second-order valence-corrected chi connectivity index (χ2v) is 9.12. The number of rotatable bonds is 4. The highest BCUT2D eigenvalue weighted by Gasteiger charge is 2.43. The normalized spacial score (nSPS) is 16.6. The van der Waals surface area contributed by atoms with E-state index in [1.807, 2.05) is 62.4 Å². The molecule has 5 nitrogen and oxygen atoms in total. The maximum absolute atomic E-state index is 13.8. The molecule has 0 spiro atoms. The van der Waals surface area contributed by atoms with Crippen LogP contribution in [0.4, 0.5) is 11.4 Å². The summed E-state index contributed by atoms with van der Waals surface area (Å²) in [5.41, 5.74) is 7.03. The molecule has 0 aromatic heterocycles. The van der Waals surface area contributed by atoms with Crippen LogP contribution < -0.4 is 9.80 Å². The van der Waals surface area contributed by atoms with E-state index >= 15 is 0 Å². The first-order chi connectivity index (χ1) is 16.4. The SMILES string of the molecule is Cc1cccc(N2CCN(C3=C(c4ccccc4)C(=O)N(c4ccc(C)c(C)c4)C3=O)CC2)c1. The Kier molecular flexibility index (Phi) is 5.70. The number of piperazine rings is 1. The topological polar surface area (TPSA) is 43.9 Å². The van der Waals surface area contributed by atoms with Gasteiger partial charge in [0.15, 0.2) is 0 Å². The lowest BCUT2D eigenvalue weighted by Crippen LogP contribution is -2.47. The van der Waals surface area contributed by atoms with Crippen LogP contribution in [0.5, 0.6) is 0 Å². The molecule has 0 N–H and O–H groups in total. The molecule has 3 aromatic rings. The molecular formula is C29H29N3O2. The summed E-state index contributed by atoms with van der Waals surface area (Å²) in [4.78, 5) is 33.3. The summed E-state index contributed by atoms with van der Waals surface area (Å²) >= 11 is 0. The third-order valence-corrected chi connectivity index (χ3v) is 6.83. The molecule has 2 aliphatic rings. The fourth-order valence-electron chi connectivity index (χ4n) is 4.79. The van der Waals surface area contributed by atoms with Crippen molar-refractivity contribution in [3.8, 4) is 0 Å². The summed E-state index contributed by atoms with van der Waals surface area (Å²) in [6.45, 7) is 9.07. The number of amides is 2. The number of hydrogen-bond donors (Lipinski definition) is 0. The minimum absolute atomic E-state index is 0.240. The summed E-state index contributed by atoms with van der Waals surface area (Å²) in [6.07, 6.45) is 0. The van der Waals surface area contributed by atoms with Crippen molar-refractivity contribution in [1.29, 1.82) is 0 Å². The van der Waals surface area contributed by atoms with Gasteiger partial charge in [-0.1, -0.05) is 48.5 Å². The van der Waals surface area contributed by atoms with Gasteiger partial charge in [-0.15, -0.1) is 0 Å². The summed E-state index contributed by atoms with van der Waals surface area (Å²) in [5.74, 6) is -0.494. The van der Waals surface area contributed by atoms with Gasteiger partial charge >= 0.3 is 0 Å². The van der Waals surface area contributed by atoms with E-state index < -0.39 is 0 Å². The van der Waals surface area contributed by atoms with Gasteiger partial charge in [-0.25, -0.2) is 4.90 Å². The number of imide groups is 1. The van der Waals surface area contributed by atoms with Gasteiger partial charge in [0.05, 0.1) is 11.3 Å². The predicted octanol–water partition coefficient (Wildman–Crippen LogP) is 4.72. The van der Waals surface area contributed by atoms with Gasteiger partial charge in [-0.2, -0.15) is 0 Å². The third kappa shape index (κ3) is 3.87. The van der Waals surface area contributed by atoms with E-state index in [1.165, 1.54) is 16.2 Å². The van der Waals surface area contributed by atoms with E-state index in [1.54, 1.807) is 0 Å². The second-order valence-electron chi connectivity index (χ2n) is 9.12. The van der Waals surface area contributed by atoms with Crippen LogP contribution in [-0.2, 0) is 9.59 Å². The van der Waals surface area contributed by atoms with E-state index in [2.05, 4.69) is 41.0 Å². The minimum atomic E-state index is -0.254. The molecule has 1 saturated heterocycles. The first-order valence-corrected chi connectivity index (χ1v) is 11.8. The average Bonchev–Trinajstić information content (AvgIpc) is 3.11. The van der Waals surface area contributed by atoms with Crippen molar-refractivity contribution in [1.82, 2.24) is 4.90 Å². The third-order valence-electron chi connectivity index (χ3n) is 6.83. The van der Waals surface area contributed by atoms with Crippen LogP contribution in [0.25, 0.3) is 5.57 Å². The molecule has 5 rings (SSSR count). The quantitative estimate of drug-likeness (QED) is 0.539. The number of carbonyl (C=O) groups excluding carboxylic acids is 2. The number of anilines is 2. The number of hydrogen-bond acceptors (Lipinski definition) is 4. The summed E-state index contributed by atoms with van der Waals surface area (Å²) in [5, 5.41) is 0. The Morgan fingerprint density at radius 2 is 1.32 bits per heavy atom. The lowest BCUT2D eigenvalue weighted by molar-refractivity contribution is -0.120. The Morgan fingerprint density at radius 3 is 2.00 bits per heavy atom. The van der Waals surface area contributed by atoms with Crippen LogP contribution >= 0.6 is 0 Å². The zero-order valence-corrected chi connectivity index (χ0v) is 19.9. The lowest BCUT2D eigenvalue weighted by atomic mass is 10.0. The largest absolute Gasteiger partial charge is 0.368 e. The van der Waals surface area contributed by atoms with Crippen molar-refractivity contribution in [3.63, 3.8) is 0 Å². The van der Waals surface area contributed by atoms with Crippen LogP contribution in [0.1, 0.15) is 22.3 Å². The van der Waals surface area contributed by atoms with Crippen LogP contribution in [0.15, 0.2) is 78.5 Å². The molecule has 0 saturated carbocycles. The van der Waals surface area contributed by atoms with Crippen molar-refractivity contribution >= 4 is 28.8 Å². The van der Waals surface area contributed by atoms with Gasteiger partial charge in [0.1, 0.15) is 5.70 Å². The molecule has 2 aliphatic heterocycles. The highest BCUT2D eigenvalue weighted by Crippen LogP contribution is 2.36. The molecule has 3 aromatic carbocycles. The summed E-state index contributed by atoms with van der Waals surface area (Å²) < 4.78 is 0. The number of aryl methyl sites for hydroxylation is 3. The molecule has 0 radical (unpaired) electrons. The molecule has 5 heteroatoms. The molecule has 0 atom stereocenters. The van der Waals surface area contributed by atoms with Crippen molar-refractivity contribution < 1.29 is 9.59 Å². The Bertz CT molecular complexity index is 1290. The lowest BCUT2D eigenvalue weighted by Gasteiger charge is -2.37. The van der Waals surface area contributed by atoms with E-state index in [0.717, 1.165) is 29.8 Å². The highest BCUT2D eigenvalue weighted by atomic mass is 16.2. The molecule has 0 unspecified atom stereocenters. The maximum atomic E-state index is 13.8. The van der Waals surface area contributed by atoms with Gasteiger partial charge in [0.25, 0.3) is 11.8 Å². The Hall–Kier alpha value is -3.86. The molecule has 34 heavy (non-hydrogen) atoms. The van der Waals surface area contributed by atoms with Crippen molar-refractivity contribution in [2.75, 3.05) is 36.0 Å². The molecule has 1 fully saturated rings. The van der Waals surface area contributed by atoms with E-state index in [4.69, 9.17) is 0 Å². The standard InChI is InChI=1S/C29H29N3O2/c1-20-8-7-11-24(18-20)30-14-16-31(17-15-30)27-26(23-9-5-4-6-10-23)28(33)32(29(27)34)25-13-12-21(2)22(3)19-25/h4-13,18-19H,14-17H2,1-3H3. The Balaban J connectivity index is 1.49. The predicted molar refractivity (Wildman–Crippen MR) is 137 cm³/mol. The van der Waals surface area contributed by atoms with Gasteiger partial charge < -0.3 is 9.80 Å². The first kappa shape index (κ1) is 22.0. The Labute approximate surface area is 200 Å². The first-order valence-electron chi connectivity index (χ1n) is 11.8. The van der Waals surface area contributed by atoms with Crippen molar-refractivity contribution in [2.24, 2.45) is 0 Å². The maximum Gasteiger partial charge on any atom is 0.282 e. The van der Waals surface area contributed by atoms with Gasteiger partial charge in [-0.05, 0) is 67.3 Å². The summed E-state index contributed by atoms with van der Waals surface area (Å²) in [6, 6.07) is 23.8. The van der Waals surface area contributed by atoms with E-state index in [0.29, 0.717) is 30.0 Å². The molecular weight excluding hydrogens is 422 g/mol. The second kappa shape index (κ2) is 8.82. The summed E-state index contributed by atoms with van der Waals surface area (Å²) in [7, 11) is 0. The number of carbonyl (C=O) groups is 2. The number of nitrogens with zero attached hydrogens (tertiary/aromatic N) is 3. The fourth-order valence-corrected chi connectivity index (χ4v) is 4.79. The van der Waals surface area contributed by atoms with Crippen LogP contribution in [0.2, 0.25) is 0 Å². The molecule has 0 aliphatic carbocycles. The zero-order valence-electron chi connectivity index (χ0n) is 19.9. The van der Waals surface area contributed by atoms with Gasteiger partial charge in [0, 0.05) is 31.9 Å². The van der Waals surface area contributed by atoms with E-state index in [-0.39, 0.29) is 11.8 Å². The average molecular weight is 452 g/mol. The van der Waals surface area contributed by atoms with Crippen LogP contribution in [0, 0.1) is 20.8 Å². The number of benzene rings is 3. The monoisotopic (exact) mass is 451 g/mol. The molecule has 0 bridgehead atoms. The minimum Gasteiger partial charge on any atom is -0.368 e. The highest BCUT2D eigenvalue weighted by molar-refractivity contribution is 6.45. The molecule has 2 heterocycles. The van der Waals surface area contributed by atoms with Crippen LogP contribution in [0.3, 0.4) is 0 Å². The van der Waals surface area contributed by atoms with Crippen LogP contribution in [-0.4, -0.2) is 42.9 Å². The Morgan fingerprint density at radius 1 is 0.618 bits per heavy atom. The van der Waals surface area contributed by atoms with Crippen molar-refractivity contribution in [3.05, 3.63) is 101 Å². The van der Waals surface area contributed by atoms with Crippen molar-refractivity contribution in [2.45, 2.75) is 20.8 Å². The molecule has 2 amide bonds. The molecule has 172 valence electrons. The van der Waals surface area contributed by atoms with Gasteiger partial charge in [0.2, 0.25) is 0 Å². The zero-order chi connectivity index (χ0) is 23.8. The smallest absolute Gasteiger partial charge is 0.282 e. The van der Waals surface area contributed by atoms with Gasteiger partial charge in [-0.3, -0.25) is 9.59 Å². The van der Waals surface area contributed by atoms with E-state index in [9.17, 15) is 9.59 Å².